The van der Waals surface area contributed by atoms with Gasteiger partial charge in [-0.05, 0) is 64.3 Å². The first-order valence-corrected chi connectivity index (χ1v) is 10.1. The van der Waals surface area contributed by atoms with E-state index in [-0.39, 0.29) is 24.3 Å². The van der Waals surface area contributed by atoms with Crippen molar-refractivity contribution in [3.63, 3.8) is 0 Å². The summed E-state index contributed by atoms with van der Waals surface area (Å²) in [5.74, 6) is -2.44. The highest BCUT2D eigenvalue weighted by Crippen LogP contribution is 2.20. The number of benzene rings is 1. The van der Waals surface area contributed by atoms with Crippen molar-refractivity contribution in [2.24, 2.45) is 16.7 Å². The Morgan fingerprint density at radius 2 is 1.23 bits per heavy atom. The lowest BCUT2D eigenvalue weighted by Gasteiger charge is -2.22. The maximum absolute atomic E-state index is 12.3. The van der Waals surface area contributed by atoms with Gasteiger partial charge in [0.25, 0.3) is 0 Å². The molecular formula is C23H32O8. The molecule has 0 fully saturated rings. The normalized spacial score (nSPS) is 11.7. The first-order chi connectivity index (χ1) is 14.3. The van der Waals surface area contributed by atoms with Gasteiger partial charge in [0.2, 0.25) is 0 Å². The minimum absolute atomic E-state index is 0.152. The van der Waals surface area contributed by atoms with Crippen LogP contribution in [0.3, 0.4) is 0 Å². The van der Waals surface area contributed by atoms with Gasteiger partial charge < -0.3 is 19.3 Å². The second kappa shape index (κ2) is 10.9. The average Bonchev–Trinajstić information content (AvgIpc) is 2.70. The smallest absolute Gasteiger partial charge is 0.338 e. The summed E-state index contributed by atoms with van der Waals surface area (Å²) in [6.45, 7) is 10.1. The van der Waals surface area contributed by atoms with Gasteiger partial charge in [-0.2, -0.15) is 0 Å². The van der Waals surface area contributed by atoms with Crippen LogP contribution in [0.2, 0.25) is 0 Å². The SMILES string of the molecule is CC(C)CCOC(=O)C(C)(C)COC(=O)c1ccc(C(=O)OCC(C)(C)C(=O)O)cc1. The van der Waals surface area contributed by atoms with Gasteiger partial charge in [0.05, 0.1) is 28.6 Å². The Bertz CT molecular complexity index is 790. The standard InChI is InChI=1S/C23H32O8/c1-15(2)11-12-29-21(28)23(5,6)14-31-19(25)17-9-7-16(8-10-17)18(24)30-13-22(3,4)20(26)27/h7-10,15H,11-14H2,1-6H3,(H,26,27). The number of rotatable bonds is 11. The molecule has 0 aliphatic carbocycles. The molecule has 0 aliphatic rings. The highest BCUT2D eigenvalue weighted by molar-refractivity contribution is 5.93. The molecule has 1 rings (SSSR count). The van der Waals surface area contributed by atoms with E-state index in [1.807, 2.05) is 13.8 Å². The third kappa shape index (κ3) is 8.39. The van der Waals surface area contributed by atoms with Gasteiger partial charge in [-0.1, -0.05) is 13.8 Å². The summed E-state index contributed by atoms with van der Waals surface area (Å²) < 4.78 is 15.5. The van der Waals surface area contributed by atoms with E-state index in [9.17, 15) is 19.2 Å². The quantitative estimate of drug-likeness (QED) is 0.412. The monoisotopic (exact) mass is 436 g/mol. The van der Waals surface area contributed by atoms with Crippen molar-refractivity contribution >= 4 is 23.9 Å². The van der Waals surface area contributed by atoms with Gasteiger partial charge >= 0.3 is 23.9 Å². The zero-order valence-electron chi connectivity index (χ0n) is 19.0. The number of carboxylic acids is 1. The topological polar surface area (TPSA) is 116 Å². The van der Waals surface area contributed by atoms with Gasteiger partial charge in [0.15, 0.2) is 0 Å². The summed E-state index contributed by atoms with van der Waals surface area (Å²) in [5.41, 5.74) is -1.83. The van der Waals surface area contributed by atoms with Crippen LogP contribution in [0.5, 0.6) is 0 Å². The van der Waals surface area contributed by atoms with E-state index in [1.165, 1.54) is 38.1 Å². The van der Waals surface area contributed by atoms with Gasteiger partial charge in [0.1, 0.15) is 13.2 Å². The number of hydrogen-bond donors (Lipinski definition) is 1. The molecule has 31 heavy (non-hydrogen) atoms. The van der Waals surface area contributed by atoms with Crippen LogP contribution in [0.25, 0.3) is 0 Å². The fraction of sp³-hybridized carbons (Fsp3) is 0.565. The molecule has 1 N–H and O–H groups in total. The minimum atomic E-state index is -1.21. The van der Waals surface area contributed by atoms with E-state index in [4.69, 9.17) is 19.3 Å². The van der Waals surface area contributed by atoms with Crippen LogP contribution in [0, 0.1) is 16.7 Å². The maximum atomic E-state index is 12.3. The van der Waals surface area contributed by atoms with Crippen LogP contribution in [-0.4, -0.2) is 48.8 Å². The molecule has 0 aliphatic heterocycles. The summed E-state index contributed by atoms with van der Waals surface area (Å²) >= 11 is 0. The Kier molecular flexibility index (Phi) is 9.21. The zero-order valence-corrected chi connectivity index (χ0v) is 19.0. The second-order valence-corrected chi connectivity index (χ2v) is 9.12. The molecule has 0 amide bonds. The van der Waals surface area contributed by atoms with E-state index in [0.29, 0.717) is 12.5 Å². The summed E-state index contributed by atoms with van der Waals surface area (Å²) in [6, 6.07) is 5.57. The van der Waals surface area contributed by atoms with Gasteiger partial charge in [-0.3, -0.25) is 9.59 Å². The number of esters is 3. The Hall–Kier alpha value is -2.90. The Labute approximate surface area is 182 Å². The lowest BCUT2D eigenvalue weighted by Crippen LogP contribution is -2.33. The molecule has 8 nitrogen and oxygen atoms in total. The van der Waals surface area contributed by atoms with Crippen molar-refractivity contribution in [2.75, 3.05) is 19.8 Å². The molecule has 1 aromatic carbocycles. The maximum Gasteiger partial charge on any atom is 0.338 e. The molecule has 0 spiro atoms. The van der Waals surface area contributed by atoms with Crippen LogP contribution < -0.4 is 0 Å². The molecule has 172 valence electrons. The van der Waals surface area contributed by atoms with E-state index < -0.39 is 34.7 Å². The summed E-state index contributed by atoms with van der Waals surface area (Å²) in [4.78, 5) is 47.6. The third-order valence-electron chi connectivity index (χ3n) is 4.54. The molecule has 1 aromatic rings. The zero-order chi connectivity index (χ0) is 23.8. The summed E-state index contributed by atoms with van der Waals surface area (Å²) in [7, 11) is 0. The molecule has 0 saturated heterocycles. The number of carbonyl (C=O) groups is 4. The third-order valence-corrected chi connectivity index (χ3v) is 4.54. The molecule has 0 atom stereocenters. The molecule has 0 heterocycles. The molecule has 0 aromatic heterocycles. The Morgan fingerprint density at radius 3 is 1.61 bits per heavy atom. The molecular weight excluding hydrogens is 404 g/mol. The summed E-state index contributed by atoms with van der Waals surface area (Å²) in [5, 5.41) is 9.06. The van der Waals surface area contributed by atoms with E-state index in [2.05, 4.69) is 0 Å². The number of carbonyl (C=O) groups excluding carboxylic acids is 3. The van der Waals surface area contributed by atoms with Crippen molar-refractivity contribution in [1.29, 1.82) is 0 Å². The van der Waals surface area contributed by atoms with Crippen LogP contribution in [0.4, 0.5) is 0 Å². The highest BCUT2D eigenvalue weighted by Gasteiger charge is 2.32. The van der Waals surface area contributed by atoms with Crippen LogP contribution >= 0.6 is 0 Å². The number of ether oxygens (including phenoxy) is 3. The van der Waals surface area contributed by atoms with Crippen LogP contribution in [0.1, 0.15) is 68.7 Å². The second-order valence-electron chi connectivity index (χ2n) is 9.12. The first-order valence-electron chi connectivity index (χ1n) is 10.1. The van der Waals surface area contributed by atoms with E-state index in [0.717, 1.165) is 6.42 Å². The average molecular weight is 437 g/mol. The highest BCUT2D eigenvalue weighted by atomic mass is 16.6. The van der Waals surface area contributed by atoms with E-state index in [1.54, 1.807) is 13.8 Å². The Morgan fingerprint density at radius 1 is 0.806 bits per heavy atom. The van der Waals surface area contributed by atoms with Crippen molar-refractivity contribution in [3.05, 3.63) is 35.4 Å². The molecule has 8 heteroatoms. The lowest BCUT2D eigenvalue weighted by atomic mass is 9.95. The predicted octanol–water partition coefficient (Wildman–Crippen LogP) is 3.73. The minimum Gasteiger partial charge on any atom is -0.481 e. The summed E-state index contributed by atoms with van der Waals surface area (Å²) in [6.07, 6.45) is 0.754. The van der Waals surface area contributed by atoms with Crippen LogP contribution in [-0.2, 0) is 23.8 Å². The lowest BCUT2D eigenvalue weighted by molar-refractivity contribution is -0.156. The first kappa shape index (κ1) is 26.1. The van der Waals surface area contributed by atoms with Crippen molar-refractivity contribution in [2.45, 2.75) is 48.0 Å². The van der Waals surface area contributed by atoms with E-state index >= 15 is 0 Å². The van der Waals surface area contributed by atoms with Crippen molar-refractivity contribution in [1.82, 2.24) is 0 Å². The van der Waals surface area contributed by atoms with Gasteiger partial charge in [-0.25, -0.2) is 9.59 Å². The number of aliphatic carboxylic acids is 1. The van der Waals surface area contributed by atoms with Gasteiger partial charge in [-0.15, -0.1) is 0 Å². The number of hydrogen-bond acceptors (Lipinski definition) is 7. The fourth-order valence-corrected chi connectivity index (χ4v) is 2.10. The molecule has 0 saturated carbocycles. The molecule has 0 radical (unpaired) electrons. The number of carboxylic acid groups (broad SMARTS) is 1. The Balaban J connectivity index is 2.60. The van der Waals surface area contributed by atoms with Crippen molar-refractivity contribution < 1.29 is 38.5 Å². The predicted molar refractivity (Wildman–Crippen MR) is 113 cm³/mol. The molecule has 0 unspecified atom stereocenters. The van der Waals surface area contributed by atoms with Crippen molar-refractivity contribution in [3.8, 4) is 0 Å². The molecule has 0 bridgehead atoms. The van der Waals surface area contributed by atoms with Crippen LogP contribution in [0.15, 0.2) is 24.3 Å². The fourth-order valence-electron chi connectivity index (χ4n) is 2.10. The van der Waals surface area contributed by atoms with Gasteiger partial charge in [0, 0.05) is 0 Å². The largest absolute Gasteiger partial charge is 0.481 e.